The molecule has 0 radical (unpaired) electrons. The number of rotatable bonds is 4. The van der Waals surface area contributed by atoms with Crippen LogP contribution in [-0.2, 0) is 12.8 Å². The molecule has 0 aromatic heterocycles. The molecule has 138 valence electrons. The fraction of sp³-hybridized carbons (Fsp3) is 0.238. The van der Waals surface area contributed by atoms with E-state index < -0.39 is 34.7 Å². The van der Waals surface area contributed by atoms with Gasteiger partial charge in [0.05, 0.1) is 5.56 Å². The molecule has 0 N–H and O–H groups in total. The summed E-state index contributed by atoms with van der Waals surface area (Å²) < 4.78 is 46.6. The van der Waals surface area contributed by atoms with E-state index in [2.05, 4.69) is 13.0 Å². The molecule has 0 fully saturated rings. The molecule has 0 saturated heterocycles. The maximum Gasteiger partial charge on any atom is 0.346 e. The first-order chi connectivity index (χ1) is 12.9. The first kappa shape index (κ1) is 18.7. The Kier molecular flexibility index (Phi) is 5.31. The zero-order valence-electron chi connectivity index (χ0n) is 14.6. The predicted octanol–water partition coefficient (Wildman–Crippen LogP) is 5.02. The summed E-state index contributed by atoms with van der Waals surface area (Å²) in [5.41, 5.74) is 1.81. The van der Waals surface area contributed by atoms with Crippen LogP contribution in [-0.4, -0.2) is 5.97 Å². The lowest BCUT2D eigenvalue weighted by Crippen LogP contribution is -2.14. The molecule has 0 spiro atoms. The fourth-order valence-corrected chi connectivity index (χ4v) is 3.13. The topological polar surface area (TPSA) is 50.1 Å². The molecule has 0 saturated carbocycles. The second kappa shape index (κ2) is 7.67. The highest BCUT2D eigenvalue weighted by atomic mass is 19.1. The summed E-state index contributed by atoms with van der Waals surface area (Å²) in [7, 11) is 0. The van der Waals surface area contributed by atoms with Gasteiger partial charge in [-0.15, -0.1) is 0 Å². The minimum absolute atomic E-state index is 0.300. The Morgan fingerprint density at radius 3 is 2.44 bits per heavy atom. The number of carbonyl (C=O) groups is 1. The van der Waals surface area contributed by atoms with Crippen LogP contribution < -0.4 is 4.74 Å². The highest BCUT2D eigenvalue weighted by molar-refractivity contribution is 5.91. The van der Waals surface area contributed by atoms with Crippen LogP contribution >= 0.6 is 0 Å². The number of carbonyl (C=O) groups excluding carboxylic acids is 1. The van der Waals surface area contributed by atoms with Crippen molar-refractivity contribution in [1.29, 1.82) is 5.26 Å². The van der Waals surface area contributed by atoms with Crippen molar-refractivity contribution in [3.05, 3.63) is 75.6 Å². The van der Waals surface area contributed by atoms with E-state index in [-0.39, 0.29) is 5.56 Å². The number of nitrogens with zero attached hydrogens (tertiary/aromatic N) is 1. The fourth-order valence-electron chi connectivity index (χ4n) is 3.13. The quantitative estimate of drug-likeness (QED) is 0.431. The first-order valence-electron chi connectivity index (χ1n) is 8.53. The third-order valence-electron chi connectivity index (χ3n) is 4.45. The number of hydrogen-bond donors (Lipinski definition) is 0. The largest absolute Gasteiger partial charge is 0.423 e. The van der Waals surface area contributed by atoms with Crippen molar-refractivity contribution in [1.82, 2.24) is 0 Å². The number of benzene rings is 2. The van der Waals surface area contributed by atoms with Gasteiger partial charge in [0.15, 0.2) is 0 Å². The van der Waals surface area contributed by atoms with Crippen molar-refractivity contribution in [3.8, 4) is 11.8 Å². The molecular formula is C21H16F3NO2. The molecular weight excluding hydrogens is 355 g/mol. The number of allylic oxidation sites excluding steroid dienone is 2. The van der Waals surface area contributed by atoms with Crippen LogP contribution in [0.4, 0.5) is 13.2 Å². The predicted molar refractivity (Wildman–Crippen MR) is 92.8 cm³/mol. The van der Waals surface area contributed by atoms with Gasteiger partial charge < -0.3 is 4.74 Å². The molecule has 1 aliphatic carbocycles. The van der Waals surface area contributed by atoms with Gasteiger partial charge >= 0.3 is 5.97 Å². The molecule has 3 nitrogen and oxygen atoms in total. The van der Waals surface area contributed by atoms with Crippen molar-refractivity contribution < 1.29 is 22.7 Å². The first-order valence-corrected chi connectivity index (χ1v) is 8.53. The second-order valence-electron chi connectivity index (χ2n) is 6.36. The average Bonchev–Trinajstić information content (AvgIpc) is 2.61. The average molecular weight is 371 g/mol. The van der Waals surface area contributed by atoms with E-state index in [0.29, 0.717) is 12.8 Å². The zero-order valence-corrected chi connectivity index (χ0v) is 14.6. The van der Waals surface area contributed by atoms with Gasteiger partial charge in [-0.1, -0.05) is 25.0 Å². The van der Waals surface area contributed by atoms with Gasteiger partial charge in [0.2, 0.25) is 0 Å². The van der Waals surface area contributed by atoms with Crippen molar-refractivity contribution in [3.63, 3.8) is 0 Å². The van der Waals surface area contributed by atoms with Crippen LogP contribution in [0.15, 0.2) is 35.9 Å². The Bertz CT molecular complexity index is 967. The van der Waals surface area contributed by atoms with Crippen LogP contribution in [0.3, 0.4) is 0 Å². The lowest BCUT2D eigenvalue weighted by Gasteiger charge is -2.18. The second-order valence-corrected chi connectivity index (χ2v) is 6.36. The SMILES string of the molecule is CCCC1=CCc2cc(C(=O)Oc3cc(F)c(C#N)c(F)c3)c(F)cc2C1. The standard InChI is InChI=1S/C21H16F3NO2/c1-2-3-12-4-5-13-7-16(18(22)8-14(13)6-12)21(26)27-15-9-19(23)17(11-25)20(24)10-15/h4,7-10H,2-3,5-6H2,1H3. The maximum absolute atomic E-state index is 14.4. The number of fused-ring (bicyclic) bond motifs is 1. The van der Waals surface area contributed by atoms with Gasteiger partial charge in [-0.3, -0.25) is 0 Å². The summed E-state index contributed by atoms with van der Waals surface area (Å²) in [4.78, 5) is 12.3. The Hall–Kier alpha value is -3.07. The maximum atomic E-state index is 14.4. The molecule has 27 heavy (non-hydrogen) atoms. The Balaban J connectivity index is 1.85. The highest BCUT2D eigenvalue weighted by Gasteiger charge is 2.21. The lowest BCUT2D eigenvalue weighted by molar-refractivity contribution is 0.0729. The monoisotopic (exact) mass is 371 g/mol. The van der Waals surface area contributed by atoms with Crippen molar-refractivity contribution >= 4 is 5.97 Å². The van der Waals surface area contributed by atoms with Gasteiger partial charge in [0.25, 0.3) is 0 Å². The van der Waals surface area contributed by atoms with E-state index in [1.807, 2.05) is 0 Å². The minimum atomic E-state index is -1.15. The summed E-state index contributed by atoms with van der Waals surface area (Å²) in [6.45, 7) is 2.07. The molecule has 1 aliphatic rings. The Morgan fingerprint density at radius 1 is 1.11 bits per heavy atom. The molecule has 0 unspecified atom stereocenters. The molecule has 2 aromatic rings. The molecule has 2 aromatic carbocycles. The molecule has 6 heteroatoms. The van der Waals surface area contributed by atoms with E-state index in [1.54, 1.807) is 0 Å². The van der Waals surface area contributed by atoms with Gasteiger partial charge in [-0.2, -0.15) is 5.26 Å². The number of ether oxygens (including phenoxy) is 1. The van der Waals surface area contributed by atoms with Crippen LogP contribution in [0, 0.1) is 28.8 Å². The Morgan fingerprint density at radius 2 is 1.81 bits per heavy atom. The number of halogens is 3. The summed E-state index contributed by atoms with van der Waals surface area (Å²) in [5, 5.41) is 8.66. The highest BCUT2D eigenvalue weighted by Crippen LogP contribution is 2.27. The van der Waals surface area contributed by atoms with Gasteiger partial charge in [-0.05, 0) is 42.5 Å². The molecule has 0 atom stereocenters. The molecule has 0 heterocycles. The molecule has 0 bridgehead atoms. The summed E-state index contributed by atoms with van der Waals surface area (Å²) in [6.07, 6.45) is 5.25. The smallest absolute Gasteiger partial charge is 0.346 e. The Labute approximate surface area is 154 Å². The number of hydrogen-bond acceptors (Lipinski definition) is 3. The summed E-state index contributed by atoms with van der Waals surface area (Å²) >= 11 is 0. The molecule has 3 rings (SSSR count). The summed E-state index contributed by atoms with van der Waals surface area (Å²) in [5.74, 6) is -4.54. The van der Waals surface area contributed by atoms with E-state index in [9.17, 15) is 18.0 Å². The van der Waals surface area contributed by atoms with Crippen molar-refractivity contribution in [2.75, 3.05) is 0 Å². The van der Waals surface area contributed by atoms with Gasteiger partial charge in [-0.25, -0.2) is 18.0 Å². The molecule has 0 amide bonds. The van der Waals surface area contributed by atoms with Gasteiger partial charge in [0, 0.05) is 12.1 Å². The number of esters is 1. The van der Waals surface area contributed by atoms with Crippen LogP contribution in [0.5, 0.6) is 5.75 Å². The van der Waals surface area contributed by atoms with E-state index in [0.717, 1.165) is 36.1 Å². The summed E-state index contributed by atoms with van der Waals surface area (Å²) in [6, 6.07) is 5.54. The van der Waals surface area contributed by atoms with Crippen LogP contribution in [0.2, 0.25) is 0 Å². The van der Waals surface area contributed by atoms with E-state index >= 15 is 0 Å². The van der Waals surface area contributed by atoms with Crippen molar-refractivity contribution in [2.24, 2.45) is 0 Å². The van der Waals surface area contributed by atoms with E-state index in [1.165, 1.54) is 23.8 Å². The van der Waals surface area contributed by atoms with E-state index in [4.69, 9.17) is 10.00 Å². The number of nitriles is 1. The minimum Gasteiger partial charge on any atom is -0.423 e. The van der Waals surface area contributed by atoms with Crippen LogP contribution in [0.25, 0.3) is 0 Å². The van der Waals surface area contributed by atoms with Crippen LogP contribution in [0.1, 0.15) is 46.8 Å². The third kappa shape index (κ3) is 3.87. The normalized spacial score (nSPS) is 12.8. The molecule has 0 aliphatic heterocycles. The van der Waals surface area contributed by atoms with Gasteiger partial charge in [0.1, 0.15) is 34.8 Å². The third-order valence-corrected chi connectivity index (χ3v) is 4.45. The van der Waals surface area contributed by atoms with Crippen molar-refractivity contribution in [2.45, 2.75) is 32.6 Å². The zero-order chi connectivity index (χ0) is 19.6. The lowest BCUT2D eigenvalue weighted by atomic mass is 9.88.